The normalized spacial score (nSPS) is 10.4. The molecular weight excluding hydrogens is 185 g/mol. The van der Waals surface area contributed by atoms with Gasteiger partial charge in [0.2, 0.25) is 0 Å². The van der Waals surface area contributed by atoms with Crippen LogP contribution < -0.4 is 5.69 Å². The molecule has 0 aliphatic heterocycles. The van der Waals surface area contributed by atoms with Gasteiger partial charge in [0.1, 0.15) is 5.82 Å². The Hall–Kier alpha value is -1.91. The van der Waals surface area contributed by atoms with Gasteiger partial charge in [-0.15, -0.1) is 0 Å². The summed E-state index contributed by atoms with van der Waals surface area (Å²) in [6.07, 6.45) is 0. The molecule has 0 amide bonds. The number of aromatic nitrogens is 3. The second-order valence-corrected chi connectivity index (χ2v) is 2.99. The fraction of sp³-hybridized carbons (Fsp3) is 0.111. The SMILES string of the molecule is Cc1ccc(-c2n[nH]c(=O)[nH]2)cc1F. The molecule has 0 unspecified atom stereocenters. The fourth-order valence-corrected chi connectivity index (χ4v) is 1.15. The van der Waals surface area contributed by atoms with E-state index in [0.29, 0.717) is 17.0 Å². The summed E-state index contributed by atoms with van der Waals surface area (Å²) in [5.74, 6) is 0.0280. The molecule has 2 N–H and O–H groups in total. The summed E-state index contributed by atoms with van der Waals surface area (Å²) in [7, 11) is 0. The lowest BCUT2D eigenvalue weighted by Gasteiger charge is -1.98. The second-order valence-electron chi connectivity index (χ2n) is 2.99. The highest BCUT2D eigenvalue weighted by Crippen LogP contribution is 2.16. The number of halogens is 1. The van der Waals surface area contributed by atoms with Crippen molar-refractivity contribution >= 4 is 0 Å². The Kier molecular flexibility index (Phi) is 1.92. The highest BCUT2D eigenvalue weighted by molar-refractivity contribution is 5.54. The average Bonchev–Trinajstić information content (AvgIpc) is 2.57. The summed E-state index contributed by atoms with van der Waals surface area (Å²) in [6.45, 7) is 1.67. The number of rotatable bonds is 1. The van der Waals surface area contributed by atoms with Crippen LogP contribution in [0.5, 0.6) is 0 Å². The van der Waals surface area contributed by atoms with Gasteiger partial charge in [-0.05, 0) is 18.6 Å². The van der Waals surface area contributed by atoms with E-state index in [-0.39, 0.29) is 5.82 Å². The highest BCUT2D eigenvalue weighted by Gasteiger charge is 2.04. The molecule has 1 aromatic heterocycles. The van der Waals surface area contributed by atoms with E-state index >= 15 is 0 Å². The van der Waals surface area contributed by atoms with E-state index in [2.05, 4.69) is 15.2 Å². The smallest absolute Gasteiger partial charge is 0.289 e. The monoisotopic (exact) mass is 193 g/mol. The molecule has 0 atom stereocenters. The van der Waals surface area contributed by atoms with Crippen molar-refractivity contribution in [2.75, 3.05) is 0 Å². The van der Waals surface area contributed by atoms with Crippen molar-refractivity contribution in [2.24, 2.45) is 0 Å². The van der Waals surface area contributed by atoms with E-state index in [1.165, 1.54) is 6.07 Å². The molecule has 0 aliphatic rings. The Labute approximate surface area is 78.8 Å². The van der Waals surface area contributed by atoms with Crippen LogP contribution in [0, 0.1) is 12.7 Å². The molecule has 4 nitrogen and oxygen atoms in total. The largest absolute Gasteiger partial charge is 0.340 e. The average molecular weight is 193 g/mol. The maximum atomic E-state index is 13.1. The Bertz CT molecular complexity index is 515. The Morgan fingerprint density at radius 1 is 1.43 bits per heavy atom. The summed E-state index contributed by atoms with van der Waals surface area (Å²) in [5.41, 5.74) is 0.707. The molecule has 1 heterocycles. The van der Waals surface area contributed by atoms with Gasteiger partial charge in [-0.1, -0.05) is 12.1 Å². The van der Waals surface area contributed by atoms with Crippen molar-refractivity contribution in [2.45, 2.75) is 6.92 Å². The van der Waals surface area contributed by atoms with Crippen LogP contribution >= 0.6 is 0 Å². The molecule has 0 bridgehead atoms. The summed E-state index contributed by atoms with van der Waals surface area (Å²) in [4.78, 5) is 13.2. The summed E-state index contributed by atoms with van der Waals surface area (Å²) >= 11 is 0. The van der Waals surface area contributed by atoms with Crippen molar-refractivity contribution < 1.29 is 4.39 Å². The fourth-order valence-electron chi connectivity index (χ4n) is 1.15. The molecule has 1 aromatic carbocycles. The minimum Gasteiger partial charge on any atom is -0.289 e. The molecule has 0 spiro atoms. The first-order valence-corrected chi connectivity index (χ1v) is 4.08. The van der Waals surface area contributed by atoms with Crippen LogP contribution in [0.4, 0.5) is 4.39 Å². The molecule has 2 aromatic rings. The number of benzene rings is 1. The number of aromatic amines is 2. The third kappa shape index (κ3) is 1.44. The van der Waals surface area contributed by atoms with Crippen LogP contribution in [-0.4, -0.2) is 15.2 Å². The number of hydrogen-bond acceptors (Lipinski definition) is 2. The molecule has 5 heteroatoms. The topological polar surface area (TPSA) is 61.5 Å². The van der Waals surface area contributed by atoms with Gasteiger partial charge in [-0.3, -0.25) is 4.98 Å². The van der Waals surface area contributed by atoms with Crippen LogP contribution in [0.1, 0.15) is 5.56 Å². The zero-order chi connectivity index (χ0) is 10.1. The van der Waals surface area contributed by atoms with Gasteiger partial charge < -0.3 is 0 Å². The Balaban J connectivity index is 2.52. The van der Waals surface area contributed by atoms with Crippen LogP contribution in [0.25, 0.3) is 11.4 Å². The Morgan fingerprint density at radius 2 is 2.21 bits per heavy atom. The maximum absolute atomic E-state index is 13.1. The number of nitrogens with one attached hydrogen (secondary N) is 2. The zero-order valence-corrected chi connectivity index (χ0v) is 7.47. The van der Waals surface area contributed by atoms with E-state index in [0.717, 1.165) is 0 Å². The third-order valence-corrected chi connectivity index (χ3v) is 1.95. The van der Waals surface area contributed by atoms with Crippen molar-refractivity contribution in [3.8, 4) is 11.4 Å². The molecular formula is C9H8FN3O. The molecule has 2 rings (SSSR count). The van der Waals surface area contributed by atoms with Crippen molar-refractivity contribution in [3.05, 3.63) is 40.1 Å². The quantitative estimate of drug-likeness (QED) is 0.715. The predicted octanol–water partition coefficient (Wildman–Crippen LogP) is 1.21. The minimum absolute atomic E-state index is 0.314. The van der Waals surface area contributed by atoms with Crippen molar-refractivity contribution in [3.63, 3.8) is 0 Å². The first kappa shape index (κ1) is 8.68. The minimum atomic E-state index is -0.402. The first-order valence-electron chi connectivity index (χ1n) is 4.08. The van der Waals surface area contributed by atoms with Crippen molar-refractivity contribution in [1.82, 2.24) is 15.2 Å². The molecule has 0 saturated carbocycles. The summed E-state index contributed by atoms with van der Waals surface area (Å²) in [6, 6.07) is 4.67. The van der Waals surface area contributed by atoms with Crippen molar-refractivity contribution in [1.29, 1.82) is 0 Å². The van der Waals surface area contributed by atoms with E-state index in [1.54, 1.807) is 19.1 Å². The molecule has 0 aliphatic carbocycles. The standard InChI is InChI=1S/C9H8FN3O/c1-5-2-3-6(4-7(5)10)8-11-9(14)13-12-8/h2-4H,1H3,(H2,11,12,13,14). The molecule has 14 heavy (non-hydrogen) atoms. The van der Waals surface area contributed by atoms with Gasteiger partial charge in [-0.2, -0.15) is 5.10 Å². The van der Waals surface area contributed by atoms with Crippen LogP contribution in [0.3, 0.4) is 0 Å². The van der Waals surface area contributed by atoms with Gasteiger partial charge in [-0.25, -0.2) is 14.3 Å². The lowest BCUT2D eigenvalue weighted by molar-refractivity contribution is 0.619. The summed E-state index contributed by atoms with van der Waals surface area (Å²) in [5, 5.41) is 5.91. The predicted molar refractivity (Wildman–Crippen MR) is 49.3 cm³/mol. The van der Waals surface area contributed by atoms with Crippen LogP contribution in [0.2, 0.25) is 0 Å². The first-order chi connectivity index (χ1) is 6.66. The van der Waals surface area contributed by atoms with Gasteiger partial charge >= 0.3 is 5.69 Å². The summed E-state index contributed by atoms with van der Waals surface area (Å²) < 4.78 is 13.1. The van der Waals surface area contributed by atoms with Gasteiger partial charge in [0.05, 0.1) is 0 Å². The van der Waals surface area contributed by atoms with E-state index in [4.69, 9.17) is 0 Å². The van der Waals surface area contributed by atoms with Gasteiger partial charge in [0, 0.05) is 5.56 Å². The van der Waals surface area contributed by atoms with Gasteiger partial charge in [0.15, 0.2) is 5.82 Å². The highest BCUT2D eigenvalue weighted by atomic mass is 19.1. The number of aryl methyl sites for hydroxylation is 1. The molecule has 0 saturated heterocycles. The molecule has 72 valence electrons. The maximum Gasteiger partial charge on any atom is 0.340 e. The van der Waals surface area contributed by atoms with E-state index in [1.807, 2.05) is 0 Å². The van der Waals surface area contributed by atoms with E-state index in [9.17, 15) is 9.18 Å². The van der Waals surface area contributed by atoms with Gasteiger partial charge in [0.25, 0.3) is 0 Å². The Morgan fingerprint density at radius 3 is 2.79 bits per heavy atom. The van der Waals surface area contributed by atoms with E-state index < -0.39 is 5.69 Å². The number of hydrogen-bond donors (Lipinski definition) is 2. The van der Waals surface area contributed by atoms with Crippen LogP contribution in [0.15, 0.2) is 23.0 Å². The third-order valence-electron chi connectivity index (χ3n) is 1.95. The second kappa shape index (κ2) is 3.10. The zero-order valence-electron chi connectivity index (χ0n) is 7.47. The number of H-pyrrole nitrogens is 2. The molecule has 0 radical (unpaired) electrons. The lowest BCUT2D eigenvalue weighted by atomic mass is 10.1. The number of nitrogens with zero attached hydrogens (tertiary/aromatic N) is 1. The molecule has 0 fully saturated rings. The lowest BCUT2D eigenvalue weighted by Crippen LogP contribution is -2.00. The van der Waals surface area contributed by atoms with Crippen LogP contribution in [-0.2, 0) is 0 Å².